The van der Waals surface area contributed by atoms with E-state index in [0.29, 0.717) is 6.54 Å². The normalized spacial score (nSPS) is 18.3. The Morgan fingerprint density at radius 3 is 2.38 bits per heavy atom. The van der Waals surface area contributed by atoms with Gasteiger partial charge in [0.25, 0.3) is 0 Å². The number of carbonyl (C=O) groups is 1. The molecule has 5 nitrogen and oxygen atoms in total. The second-order valence-corrected chi connectivity index (χ2v) is 6.44. The SMILES string of the molecule is CC(C)=CCC[C@H](C)CCN1CCN(CC(=O)NN)CC1. The zero-order valence-electron chi connectivity index (χ0n) is 13.9. The summed E-state index contributed by atoms with van der Waals surface area (Å²) in [4.78, 5) is 15.9. The van der Waals surface area contributed by atoms with E-state index in [-0.39, 0.29) is 5.91 Å². The number of hydrogen-bond donors (Lipinski definition) is 2. The van der Waals surface area contributed by atoms with Gasteiger partial charge in [-0.25, -0.2) is 5.84 Å². The average Bonchev–Trinajstić information content (AvgIpc) is 2.46. The van der Waals surface area contributed by atoms with Crippen LogP contribution in [0.5, 0.6) is 0 Å². The lowest BCUT2D eigenvalue weighted by atomic mass is 10.0. The van der Waals surface area contributed by atoms with Crippen molar-refractivity contribution in [3.8, 4) is 0 Å². The second-order valence-electron chi connectivity index (χ2n) is 6.44. The van der Waals surface area contributed by atoms with Crippen LogP contribution in [0.4, 0.5) is 0 Å². The molecule has 0 aromatic heterocycles. The molecule has 1 heterocycles. The maximum atomic E-state index is 11.2. The fourth-order valence-corrected chi connectivity index (χ4v) is 2.62. The van der Waals surface area contributed by atoms with E-state index >= 15 is 0 Å². The van der Waals surface area contributed by atoms with Crippen LogP contribution in [-0.4, -0.2) is 55.0 Å². The highest BCUT2D eigenvalue weighted by atomic mass is 16.2. The summed E-state index contributed by atoms with van der Waals surface area (Å²) in [6.07, 6.45) is 6.07. The summed E-state index contributed by atoms with van der Waals surface area (Å²) < 4.78 is 0. The number of nitrogens with two attached hydrogens (primary N) is 1. The Labute approximate surface area is 129 Å². The second kappa shape index (κ2) is 9.92. The first kappa shape index (κ1) is 18.1. The quantitative estimate of drug-likeness (QED) is 0.307. The number of nitrogens with zero attached hydrogens (tertiary/aromatic N) is 2. The van der Waals surface area contributed by atoms with Gasteiger partial charge in [0, 0.05) is 26.2 Å². The Bertz CT molecular complexity index is 331. The summed E-state index contributed by atoms with van der Waals surface area (Å²) >= 11 is 0. The third kappa shape index (κ3) is 8.19. The lowest BCUT2D eigenvalue weighted by Gasteiger charge is -2.34. The molecule has 1 aliphatic heterocycles. The van der Waals surface area contributed by atoms with Crippen LogP contribution in [0.3, 0.4) is 0 Å². The van der Waals surface area contributed by atoms with Gasteiger partial charge in [-0.15, -0.1) is 0 Å². The molecule has 122 valence electrons. The molecular formula is C16H32N4O. The summed E-state index contributed by atoms with van der Waals surface area (Å²) in [5.74, 6) is 5.79. The first-order valence-electron chi connectivity index (χ1n) is 8.08. The van der Waals surface area contributed by atoms with Crippen molar-refractivity contribution in [2.24, 2.45) is 11.8 Å². The van der Waals surface area contributed by atoms with Crippen LogP contribution in [0.15, 0.2) is 11.6 Å². The molecule has 1 aliphatic rings. The van der Waals surface area contributed by atoms with Crippen molar-refractivity contribution < 1.29 is 4.79 Å². The molecule has 3 N–H and O–H groups in total. The minimum Gasteiger partial charge on any atom is -0.301 e. The van der Waals surface area contributed by atoms with E-state index in [2.05, 4.69) is 42.1 Å². The fourth-order valence-electron chi connectivity index (χ4n) is 2.62. The Kier molecular flexibility index (Phi) is 8.57. The number of rotatable bonds is 8. The number of nitrogens with one attached hydrogen (secondary N) is 1. The van der Waals surface area contributed by atoms with Crippen molar-refractivity contribution in [1.82, 2.24) is 15.2 Å². The molecule has 5 heteroatoms. The Hall–Kier alpha value is -0.910. The molecule has 0 aromatic rings. The van der Waals surface area contributed by atoms with Crippen molar-refractivity contribution in [2.75, 3.05) is 39.3 Å². The summed E-state index contributed by atoms with van der Waals surface area (Å²) in [5.41, 5.74) is 3.61. The van der Waals surface area contributed by atoms with Gasteiger partial charge in [-0.3, -0.25) is 15.1 Å². The fraction of sp³-hybridized carbons (Fsp3) is 0.812. The van der Waals surface area contributed by atoms with E-state index in [4.69, 9.17) is 5.84 Å². The van der Waals surface area contributed by atoms with E-state index in [1.165, 1.54) is 31.4 Å². The smallest absolute Gasteiger partial charge is 0.248 e. The van der Waals surface area contributed by atoms with Crippen LogP contribution in [0, 0.1) is 5.92 Å². The van der Waals surface area contributed by atoms with Crippen LogP contribution in [0.2, 0.25) is 0 Å². The van der Waals surface area contributed by atoms with E-state index in [9.17, 15) is 4.79 Å². The van der Waals surface area contributed by atoms with Crippen molar-refractivity contribution in [2.45, 2.75) is 40.0 Å². The minimum absolute atomic E-state index is 0.101. The molecule has 0 aromatic carbocycles. The molecule has 21 heavy (non-hydrogen) atoms. The van der Waals surface area contributed by atoms with Crippen molar-refractivity contribution in [3.05, 3.63) is 11.6 Å². The van der Waals surface area contributed by atoms with Gasteiger partial charge in [0.1, 0.15) is 0 Å². The number of allylic oxidation sites excluding steroid dienone is 2. The Balaban J connectivity index is 2.12. The van der Waals surface area contributed by atoms with Crippen molar-refractivity contribution >= 4 is 5.91 Å². The van der Waals surface area contributed by atoms with Crippen LogP contribution in [0.1, 0.15) is 40.0 Å². The molecule has 1 fully saturated rings. The van der Waals surface area contributed by atoms with Gasteiger partial charge in [-0.1, -0.05) is 18.6 Å². The molecule has 1 atom stereocenters. The van der Waals surface area contributed by atoms with Gasteiger partial charge in [0.2, 0.25) is 5.91 Å². The summed E-state index contributed by atoms with van der Waals surface area (Å²) in [5, 5.41) is 0. The molecular weight excluding hydrogens is 264 g/mol. The molecule has 1 saturated heterocycles. The van der Waals surface area contributed by atoms with E-state index in [1.807, 2.05) is 0 Å². The zero-order chi connectivity index (χ0) is 15.7. The van der Waals surface area contributed by atoms with E-state index in [1.54, 1.807) is 0 Å². The molecule has 1 amide bonds. The zero-order valence-corrected chi connectivity index (χ0v) is 13.9. The van der Waals surface area contributed by atoms with Crippen molar-refractivity contribution in [3.63, 3.8) is 0 Å². The number of carbonyl (C=O) groups excluding carboxylic acids is 1. The Morgan fingerprint density at radius 2 is 1.81 bits per heavy atom. The first-order valence-corrected chi connectivity index (χ1v) is 8.08. The van der Waals surface area contributed by atoms with Gasteiger partial charge in [0.15, 0.2) is 0 Å². The highest BCUT2D eigenvalue weighted by Gasteiger charge is 2.18. The lowest BCUT2D eigenvalue weighted by Crippen LogP contribution is -2.50. The minimum atomic E-state index is -0.101. The third-order valence-electron chi connectivity index (χ3n) is 4.14. The number of hydrazine groups is 1. The van der Waals surface area contributed by atoms with Gasteiger partial charge < -0.3 is 4.90 Å². The molecule has 0 unspecified atom stereocenters. The monoisotopic (exact) mass is 296 g/mol. The lowest BCUT2D eigenvalue weighted by molar-refractivity contribution is -0.122. The standard InChI is InChI=1S/C16H32N4O/c1-14(2)5-4-6-15(3)7-8-19-9-11-20(12-10-19)13-16(21)18-17/h5,15H,4,6-13,17H2,1-3H3,(H,18,21)/t15-/m0/s1. The van der Waals surface area contributed by atoms with Gasteiger partial charge in [0.05, 0.1) is 6.54 Å². The van der Waals surface area contributed by atoms with Crippen LogP contribution >= 0.6 is 0 Å². The Morgan fingerprint density at radius 1 is 1.19 bits per heavy atom. The number of piperazine rings is 1. The molecule has 0 radical (unpaired) electrons. The topological polar surface area (TPSA) is 61.6 Å². The third-order valence-corrected chi connectivity index (χ3v) is 4.14. The summed E-state index contributed by atoms with van der Waals surface area (Å²) in [7, 11) is 0. The van der Waals surface area contributed by atoms with Gasteiger partial charge in [-0.2, -0.15) is 0 Å². The van der Waals surface area contributed by atoms with Crippen molar-refractivity contribution in [1.29, 1.82) is 0 Å². The molecule has 0 bridgehead atoms. The van der Waals surface area contributed by atoms with E-state index < -0.39 is 0 Å². The van der Waals surface area contributed by atoms with Gasteiger partial charge in [-0.05, 0) is 45.6 Å². The van der Waals surface area contributed by atoms with Crippen LogP contribution in [0.25, 0.3) is 0 Å². The molecule has 0 aliphatic carbocycles. The van der Waals surface area contributed by atoms with Gasteiger partial charge >= 0.3 is 0 Å². The maximum Gasteiger partial charge on any atom is 0.248 e. The van der Waals surface area contributed by atoms with E-state index in [0.717, 1.165) is 32.1 Å². The summed E-state index contributed by atoms with van der Waals surface area (Å²) in [6.45, 7) is 12.3. The number of amides is 1. The van der Waals surface area contributed by atoms with Crippen LogP contribution in [-0.2, 0) is 4.79 Å². The predicted octanol–water partition coefficient (Wildman–Crippen LogP) is 1.37. The molecule has 1 rings (SSSR count). The first-order chi connectivity index (χ1) is 10.0. The summed E-state index contributed by atoms with van der Waals surface area (Å²) in [6, 6.07) is 0. The number of hydrogen-bond acceptors (Lipinski definition) is 4. The molecule has 0 saturated carbocycles. The highest BCUT2D eigenvalue weighted by Crippen LogP contribution is 2.13. The molecule has 0 spiro atoms. The highest BCUT2D eigenvalue weighted by molar-refractivity contribution is 5.77. The predicted molar refractivity (Wildman–Crippen MR) is 87.7 cm³/mol. The van der Waals surface area contributed by atoms with Crippen LogP contribution < -0.4 is 11.3 Å². The average molecular weight is 296 g/mol. The largest absolute Gasteiger partial charge is 0.301 e. The maximum absolute atomic E-state index is 11.2.